The predicted molar refractivity (Wildman–Crippen MR) is 290 cm³/mol. The molecule has 0 bridgehead atoms. The highest BCUT2D eigenvalue weighted by atomic mass is 15.2. The minimum Gasteiger partial charge on any atom is -0.311 e. The van der Waals surface area contributed by atoms with Crippen LogP contribution in [-0.4, -0.2) is 0 Å². The van der Waals surface area contributed by atoms with E-state index in [0.717, 1.165) is 82.6 Å². The van der Waals surface area contributed by atoms with Gasteiger partial charge in [-0.1, -0.05) is 96.8 Å². The van der Waals surface area contributed by atoms with E-state index in [2.05, 4.69) is 254 Å². The Balaban J connectivity index is 0.00000266. The molecule has 0 amide bonds. The first-order valence-corrected chi connectivity index (χ1v) is 24.3. The molecule has 11 rings (SSSR count). The molecule has 0 atom stereocenters. The highest BCUT2D eigenvalue weighted by molar-refractivity contribution is 5.85. The quantitative estimate of drug-likeness (QED) is 0.121. The number of hydrogen-bond donors (Lipinski definition) is 0. The van der Waals surface area contributed by atoms with Crippen LogP contribution in [0.15, 0.2) is 206 Å². The number of aryl methyl sites for hydroxylation is 8. The zero-order valence-electron chi connectivity index (χ0n) is 40.2. The second kappa shape index (κ2) is 19.2. The number of nitrogens with zero attached hydrogens (tertiary/aromatic N) is 4. The van der Waals surface area contributed by atoms with Crippen LogP contribution in [-0.2, 0) is 25.7 Å². The molecule has 0 heterocycles. The lowest BCUT2D eigenvalue weighted by atomic mass is 9.88. The maximum atomic E-state index is 2.41. The van der Waals surface area contributed by atoms with Gasteiger partial charge in [0.05, 0.1) is 0 Å². The van der Waals surface area contributed by atoms with E-state index in [-0.39, 0.29) is 0 Å². The van der Waals surface area contributed by atoms with Gasteiger partial charge in [0.25, 0.3) is 0 Å². The summed E-state index contributed by atoms with van der Waals surface area (Å²) >= 11 is 0. The molecule has 0 N–H and O–H groups in total. The summed E-state index contributed by atoms with van der Waals surface area (Å²) in [5.74, 6) is 0. The molecule has 0 spiro atoms. The van der Waals surface area contributed by atoms with Crippen molar-refractivity contribution in [1.82, 2.24) is 0 Å². The van der Waals surface area contributed by atoms with Gasteiger partial charge in [-0.15, -0.1) is 0 Å². The SMILES string of the molecule is CC.Cc1ccc(N(c2ccc(C)cc2)c2ccc(N(c3ccc(N(c4ccc(N(c5ccc(C)cc5)c5ccc(C)cc5)cc4)c4ccc5c(c4)CC5)cc3)c3ccc4c(c3)CC4)cc2)cc1. The normalized spacial score (nSPS) is 12.0. The second-order valence-electron chi connectivity index (χ2n) is 18.1. The van der Waals surface area contributed by atoms with Crippen LogP contribution in [0.25, 0.3) is 0 Å². The van der Waals surface area contributed by atoms with Crippen LogP contribution in [0.5, 0.6) is 0 Å². The molecule has 0 radical (unpaired) electrons. The standard InChI is InChI=1S/C62H54N4.C2H6/c1-43-5-19-51(20-6-43)63(52-21-7-44(2)8-22-52)55-29-33-57(34-30-55)65(61-27-17-47-13-15-49(47)41-61)59-37-39-60(40-38-59)66(62-28-18-48-14-16-50(48)42-62)58-35-31-56(32-36-58)64(53-23-9-45(3)10-24-53)54-25-11-46(4)12-26-54;1-2/h5-12,17-42H,13-16H2,1-4H3;1-2H3. The summed E-state index contributed by atoms with van der Waals surface area (Å²) < 4.78 is 0. The Morgan fingerprint density at radius 1 is 0.206 bits per heavy atom. The van der Waals surface area contributed by atoms with Crippen LogP contribution in [0.3, 0.4) is 0 Å². The molecule has 9 aromatic carbocycles. The van der Waals surface area contributed by atoms with Crippen molar-refractivity contribution in [3.63, 3.8) is 0 Å². The van der Waals surface area contributed by atoms with E-state index in [1.54, 1.807) is 0 Å². The van der Waals surface area contributed by atoms with Crippen LogP contribution >= 0.6 is 0 Å². The van der Waals surface area contributed by atoms with E-state index in [0.29, 0.717) is 0 Å². The molecular formula is C64H60N4. The molecular weight excluding hydrogens is 825 g/mol. The molecule has 0 unspecified atom stereocenters. The van der Waals surface area contributed by atoms with Crippen molar-refractivity contribution in [2.45, 2.75) is 67.2 Å². The fourth-order valence-corrected chi connectivity index (χ4v) is 9.46. The molecule has 2 aliphatic carbocycles. The molecule has 0 saturated heterocycles. The van der Waals surface area contributed by atoms with E-state index in [4.69, 9.17) is 0 Å². The highest BCUT2D eigenvalue weighted by Gasteiger charge is 2.23. The molecule has 0 aliphatic heterocycles. The highest BCUT2D eigenvalue weighted by Crippen LogP contribution is 2.44. The fourth-order valence-electron chi connectivity index (χ4n) is 9.46. The number of fused-ring (bicyclic) bond motifs is 2. The molecule has 2 aliphatic rings. The molecule has 0 aromatic heterocycles. The first kappa shape index (κ1) is 44.0. The van der Waals surface area contributed by atoms with E-state index >= 15 is 0 Å². The summed E-state index contributed by atoms with van der Waals surface area (Å²) in [5.41, 5.74) is 24.3. The third-order valence-corrected chi connectivity index (χ3v) is 13.5. The topological polar surface area (TPSA) is 13.0 Å². The largest absolute Gasteiger partial charge is 0.311 e. The van der Waals surface area contributed by atoms with Crippen molar-refractivity contribution < 1.29 is 0 Å². The fraction of sp³-hybridized carbons (Fsp3) is 0.156. The molecule has 4 heteroatoms. The number of benzene rings is 9. The molecule has 4 nitrogen and oxygen atoms in total. The Hall–Kier alpha value is -7.82. The average molecular weight is 885 g/mol. The Morgan fingerprint density at radius 2 is 0.368 bits per heavy atom. The van der Waals surface area contributed by atoms with Crippen LogP contribution in [0.2, 0.25) is 0 Å². The van der Waals surface area contributed by atoms with Gasteiger partial charge in [0.1, 0.15) is 0 Å². The average Bonchev–Trinajstić information content (AvgIpc) is 3.35. The lowest BCUT2D eigenvalue weighted by Crippen LogP contribution is -2.16. The van der Waals surface area contributed by atoms with Crippen molar-refractivity contribution >= 4 is 68.2 Å². The molecule has 9 aromatic rings. The monoisotopic (exact) mass is 884 g/mol. The second-order valence-corrected chi connectivity index (χ2v) is 18.1. The number of rotatable bonds is 12. The van der Waals surface area contributed by atoms with Crippen molar-refractivity contribution in [2.75, 3.05) is 19.6 Å². The molecule has 68 heavy (non-hydrogen) atoms. The van der Waals surface area contributed by atoms with Crippen LogP contribution in [0, 0.1) is 27.7 Å². The third-order valence-electron chi connectivity index (χ3n) is 13.5. The van der Waals surface area contributed by atoms with Crippen molar-refractivity contribution in [3.05, 3.63) is 251 Å². The maximum absolute atomic E-state index is 2.41. The van der Waals surface area contributed by atoms with Gasteiger partial charge >= 0.3 is 0 Å². The van der Waals surface area contributed by atoms with Gasteiger partial charge in [0, 0.05) is 68.2 Å². The lowest BCUT2D eigenvalue weighted by Gasteiger charge is -2.31. The maximum Gasteiger partial charge on any atom is 0.0464 e. The van der Waals surface area contributed by atoms with Gasteiger partial charge in [-0.2, -0.15) is 0 Å². The van der Waals surface area contributed by atoms with E-state index in [9.17, 15) is 0 Å². The van der Waals surface area contributed by atoms with Gasteiger partial charge in [0.15, 0.2) is 0 Å². The van der Waals surface area contributed by atoms with E-state index in [1.807, 2.05) is 13.8 Å². The third kappa shape index (κ3) is 8.90. The zero-order chi connectivity index (χ0) is 46.7. The first-order valence-electron chi connectivity index (χ1n) is 24.3. The Morgan fingerprint density at radius 3 is 0.544 bits per heavy atom. The van der Waals surface area contributed by atoms with Gasteiger partial charge in [-0.05, 0) is 221 Å². The summed E-state index contributed by atoms with van der Waals surface area (Å²) in [6, 6.07) is 76.4. The van der Waals surface area contributed by atoms with Crippen LogP contribution in [0.4, 0.5) is 68.2 Å². The molecule has 0 fully saturated rings. The number of hydrogen-bond acceptors (Lipinski definition) is 4. The Bertz CT molecular complexity index is 2830. The van der Waals surface area contributed by atoms with Gasteiger partial charge in [-0.25, -0.2) is 0 Å². The van der Waals surface area contributed by atoms with E-state index < -0.39 is 0 Å². The van der Waals surface area contributed by atoms with Crippen molar-refractivity contribution in [2.24, 2.45) is 0 Å². The molecule has 0 saturated carbocycles. The summed E-state index contributed by atoms with van der Waals surface area (Å²) in [6.07, 6.45) is 4.56. The van der Waals surface area contributed by atoms with Gasteiger partial charge < -0.3 is 19.6 Å². The summed E-state index contributed by atoms with van der Waals surface area (Å²) in [5, 5.41) is 0. The Labute approximate surface area is 404 Å². The van der Waals surface area contributed by atoms with Gasteiger partial charge in [-0.3, -0.25) is 0 Å². The summed E-state index contributed by atoms with van der Waals surface area (Å²) in [7, 11) is 0. The lowest BCUT2D eigenvalue weighted by molar-refractivity contribution is 0.839. The van der Waals surface area contributed by atoms with Crippen molar-refractivity contribution in [1.29, 1.82) is 0 Å². The molecule has 336 valence electrons. The number of anilines is 12. The summed E-state index contributed by atoms with van der Waals surface area (Å²) in [4.78, 5) is 9.49. The summed E-state index contributed by atoms with van der Waals surface area (Å²) in [6.45, 7) is 12.6. The Kier molecular flexibility index (Phi) is 12.4. The van der Waals surface area contributed by atoms with Crippen molar-refractivity contribution in [3.8, 4) is 0 Å². The van der Waals surface area contributed by atoms with Gasteiger partial charge in [0.2, 0.25) is 0 Å². The van der Waals surface area contributed by atoms with Crippen LogP contribution in [0.1, 0.15) is 58.4 Å². The first-order chi connectivity index (χ1) is 33.3. The predicted octanol–water partition coefficient (Wildman–Crippen LogP) is 18.0. The smallest absolute Gasteiger partial charge is 0.0464 e. The van der Waals surface area contributed by atoms with Crippen LogP contribution < -0.4 is 19.6 Å². The minimum absolute atomic E-state index is 1.11. The van der Waals surface area contributed by atoms with E-state index in [1.165, 1.54) is 55.9 Å². The minimum atomic E-state index is 1.11. The zero-order valence-corrected chi connectivity index (χ0v) is 40.2.